The zero-order chi connectivity index (χ0) is 23.0. The van der Waals surface area contributed by atoms with Gasteiger partial charge in [-0.25, -0.2) is 8.70 Å². The summed E-state index contributed by atoms with van der Waals surface area (Å²) < 4.78 is 83.4. The molecule has 1 aliphatic heterocycles. The molecular weight excluding hydrogens is 466 g/mol. The van der Waals surface area contributed by atoms with E-state index in [0.717, 1.165) is 37.4 Å². The van der Waals surface area contributed by atoms with Crippen LogP contribution in [0.2, 0.25) is 5.02 Å². The number of carbonyl (C=O) groups is 1. The molecule has 2 aromatic rings. The van der Waals surface area contributed by atoms with Crippen molar-refractivity contribution in [2.24, 2.45) is 4.40 Å². The van der Waals surface area contributed by atoms with Gasteiger partial charge in [0.25, 0.3) is 5.91 Å². The minimum absolute atomic E-state index is 0.0337. The Hall–Kier alpha value is -3.12. The first-order chi connectivity index (χ1) is 14.4. The third-order valence-electron chi connectivity index (χ3n) is 3.95. The lowest BCUT2D eigenvalue weighted by Crippen LogP contribution is -2.35. The van der Waals surface area contributed by atoms with Crippen LogP contribution in [0.5, 0.6) is 5.75 Å². The second-order valence-corrected chi connectivity index (χ2v) is 8.14. The van der Waals surface area contributed by atoms with Crippen molar-refractivity contribution in [2.75, 3.05) is 12.4 Å². The lowest BCUT2D eigenvalue weighted by molar-refractivity contribution is -0.274. The quantitative estimate of drug-likeness (QED) is 0.677. The van der Waals surface area contributed by atoms with Gasteiger partial charge in [0.05, 0.1) is 10.7 Å². The van der Waals surface area contributed by atoms with Gasteiger partial charge in [-0.05, 0) is 36.4 Å². The average molecular weight is 478 g/mol. The standard InChI is InChI=1S/C18H12ClF4N3O4S/c1-26-16(17(27)24-11-5-6-14(20)13(19)8-11)9-15(25-31(26,28)29)10-3-2-4-12(7-10)30-18(21,22)23/h2-9H,1H3,(H,24,27). The molecule has 0 saturated carbocycles. The molecule has 1 heterocycles. The molecule has 0 fully saturated rings. The number of halogens is 5. The van der Waals surface area contributed by atoms with Crippen LogP contribution in [0.25, 0.3) is 0 Å². The molecule has 1 aliphatic rings. The molecule has 0 radical (unpaired) electrons. The third kappa shape index (κ3) is 5.33. The number of amides is 1. The Morgan fingerprint density at radius 3 is 2.55 bits per heavy atom. The first kappa shape index (κ1) is 22.6. The number of hydrogen-bond acceptors (Lipinski definition) is 4. The molecule has 0 aliphatic carbocycles. The fourth-order valence-corrected chi connectivity index (χ4v) is 3.62. The van der Waals surface area contributed by atoms with E-state index in [-0.39, 0.29) is 27.7 Å². The van der Waals surface area contributed by atoms with Gasteiger partial charge in [0.1, 0.15) is 17.3 Å². The number of ether oxygens (including phenoxy) is 1. The van der Waals surface area contributed by atoms with Gasteiger partial charge < -0.3 is 10.1 Å². The highest BCUT2D eigenvalue weighted by atomic mass is 35.5. The van der Waals surface area contributed by atoms with Crippen LogP contribution < -0.4 is 10.1 Å². The van der Waals surface area contributed by atoms with E-state index in [1.54, 1.807) is 0 Å². The van der Waals surface area contributed by atoms with E-state index >= 15 is 0 Å². The first-order valence-corrected chi connectivity index (χ1v) is 10.1. The summed E-state index contributed by atoms with van der Waals surface area (Å²) in [7, 11) is -3.29. The maximum Gasteiger partial charge on any atom is 0.573 e. The molecule has 3 rings (SSSR count). The summed E-state index contributed by atoms with van der Waals surface area (Å²) in [5, 5.41) is 2.11. The lowest BCUT2D eigenvalue weighted by atomic mass is 10.1. The van der Waals surface area contributed by atoms with Crippen molar-refractivity contribution in [3.05, 3.63) is 70.6 Å². The molecule has 13 heteroatoms. The fourth-order valence-electron chi connectivity index (χ4n) is 2.52. The molecule has 7 nitrogen and oxygen atoms in total. The average Bonchev–Trinajstić information content (AvgIpc) is 2.65. The number of benzene rings is 2. The number of hydrogen-bond donors (Lipinski definition) is 1. The van der Waals surface area contributed by atoms with E-state index in [4.69, 9.17) is 11.6 Å². The van der Waals surface area contributed by atoms with Crippen molar-refractivity contribution in [3.8, 4) is 5.75 Å². The van der Waals surface area contributed by atoms with Gasteiger partial charge in [-0.3, -0.25) is 4.79 Å². The molecule has 0 unspecified atom stereocenters. The highest BCUT2D eigenvalue weighted by Gasteiger charge is 2.32. The van der Waals surface area contributed by atoms with Crippen LogP contribution in [0, 0.1) is 5.82 Å². The molecule has 1 N–H and O–H groups in total. The Labute approximate surface area is 178 Å². The van der Waals surface area contributed by atoms with Crippen LogP contribution in [-0.4, -0.2) is 37.8 Å². The van der Waals surface area contributed by atoms with Gasteiger partial charge >= 0.3 is 16.6 Å². The van der Waals surface area contributed by atoms with E-state index < -0.39 is 34.0 Å². The van der Waals surface area contributed by atoms with Crippen molar-refractivity contribution in [2.45, 2.75) is 6.36 Å². The maximum atomic E-state index is 13.3. The summed E-state index contributed by atoms with van der Waals surface area (Å²) >= 11 is 5.66. The van der Waals surface area contributed by atoms with E-state index in [1.165, 1.54) is 18.2 Å². The van der Waals surface area contributed by atoms with E-state index in [9.17, 15) is 30.8 Å². The number of alkyl halides is 3. The van der Waals surface area contributed by atoms with Gasteiger partial charge in [0.15, 0.2) is 0 Å². The number of anilines is 1. The van der Waals surface area contributed by atoms with Gasteiger partial charge in [-0.2, -0.15) is 8.42 Å². The summed E-state index contributed by atoms with van der Waals surface area (Å²) in [6.45, 7) is 0. The Morgan fingerprint density at radius 1 is 1.19 bits per heavy atom. The van der Waals surface area contributed by atoms with Crippen LogP contribution in [0.3, 0.4) is 0 Å². The monoisotopic (exact) mass is 477 g/mol. The second-order valence-electron chi connectivity index (χ2n) is 6.11. The summed E-state index contributed by atoms with van der Waals surface area (Å²) in [6, 6.07) is 7.80. The van der Waals surface area contributed by atoms with Crippen molar-refractivity contribution in [1.82, 2.24) is 4.31 Å². The molecule has 2 aromatic carbocycles. The smallest absolute Gasteiger partial charge is 0.406 e. The summed E-state index contributed by atoms with van der Waals surface area (Å²) in [4.78, 5) is 12.6. The summed E-state index contributed by atoms with van der Waals surface area (Å²) in [6.07, 6.45) is -3.87. The minimum Gasteiger partial charge on any atom is -0.406 e. The van der Waals surface area contributed by atoms with Gasteiger partial charge in [0, 0.05) is 18.3 Å². The van der Waals surface area contributed by atoms with Crippen LogP contribution in [-0.2, 0) is 15.0 Å². The van der Waals surface area contributed by atoms with Crippen LogP contribution in [0.4, 0.5) is 23.2 Å². The predicted molar refractivity (Wildman–Crippen MR) is 104 cm³/mol. The van der Waals surface area contributed by atoms with E-state index in [2.05, 4.69) is 14.5 Å². The number of nitrogens with zero attached hydrogens (tertiary/aromatic N) is 2. The van der Waals surface area contributed by atoms with E-state index in [0.29, 0.717) is 4.31 Å². The summed E-state index contributed by atoms with van der Waals surface area (Å²) in [5.74, 6) is -2.21. The number of nitrogens with one attached hydrogen (secondary N) is 1. The lowest BCUT2D eigenvalue weighted by Gasteiger charge is -2.23. The van der Waals surface area contributed by atoms with Gasteiger partial charge in [-0.15, -0.1) is 17.6 Å². The molecule has 1 amide bonds. The second kappa shape index (κ2) is 8.19. The summed E-state index contributed by atoms with van der Waals surface area (Å²) in [5.41, 5.74) is -0.609. The topological polar surface area (TPSA) is 88.1 Å². The van der Waals surface area contributed by atoms with Crippen LogP contribution in [0.15, 0.2) is 58.6 Å². The highest BCUT2D eigenvalue weighted by Crippen LogP contribution is 2.26. The Morgan fingerprint density at radius 2 is 1.90 bits per heavy atom. The van der Waals surface area contributed by atoms with Crippen LogP contribution in [0.1, 0.15) is 5.56 Å². The molecule has 0 atom stereocenters. The first-order valence-electron chi connectivity index (χ1n) is 8.29. The van der Waals surface area contributed by atoms with Crippen molar-refractivity contribution < 1.29 is 35.5 Å². The number of rotatable bonds is 4. The van der Waals surface area contributed by atoms with Crippen molar-refractivity contribution >= 4 is 39.1 Å². The Balaban J connectivity index is 1.96. The zero-order valence-corrected chi connectivity index (χ0v) is 17.0. The maximum absolute atomic E-state index is 13.3. The largest absolute Gasteiger partial charge is 0.573 e. The highest BCUT2D eigenvalue weighted by molar-refractivity contribution is 7.88. The van der Waals surface area contributed by atoms with E-state index in [1.807, 2.05) is 0 Å². The number of likely N-dealkylation sites (N-methyl/N-ethyl adjacent to an activating group) is 1. The zero-order valence-electron chi connectivity index (χ0n) is 15.4. The normalized spacial score (nSPS) is 15.7. The SMILES string of the molecule is CN1C(C(=O)Nc2ccc(F)c(Cl)c2)=CC(c2cccc(OC(F)(F)F)c2)=NS1(=O)=O. The Kier molecular flexibility index (Phi) is 5.96. The van der Waals surface area contributed by atoms with Gasteiger partial charge in [0.2, 0.25) is 0 Å². The minimum atomic E-state index is -4.95. The molecule has 0 bridgehead atoms. The molecule has 31 heavy (non-hydrogen) atoms. The van der Waals surface area contributed by atoms with Crippen LogP contribution >= 0.6 is 11.6 Å². The Bertz CT molecular complexity index is 1210. The molecule has 0 spiro atoms. The molecule has 164 valence electrons. The number of allylic oxidation sites excluding steroid dienone is 1. The van der Waals surface area contributed by atoms with Gasteiger partial charge in [-0.1, -0.05) is 23.7 Å². The molecular formula is C18H12ClF4N3O4S. The fraction of sp³-hybridized carbons (Fsp3) is 0.111. The molecule has 0 aromatic heterocycles. The molecule has 0 saturated heterocycles. The third-order valence-corrected chi connectivity index (χ3v) is 5.55. The number of carbonyl (C=O) groups excluding carboxylic acids is 1. The predicted octanol–water partition coefficient (Wildman–Crippen LogP) is 3.88. The van der Waals surface area contributed by atoms with Crippen molar-refractivity contribution in [3.63, 3.8) is 0 Å². The van der Waals surface area contributed by atoms with Crippen molar-refractivity contribution in [1.29, 1.82) is 0 Å².